The number of amides is 1. The van der Waals surface area contributed by atoms with E-state index in [1.54, 1.807) is 12.1 Å². The van der Waals surface area contributed by atoms with Gasteiger partial charge in [-0.2, -0.15) is 0 Å². The number of carbonyl (C=O) groups is 1. The van der Waals surface area contributed by atoms with E-state index in [-0.39, 0.29) is 23.9 Å². The first-order valence-corrected chi connectivity index (χ1v) is 11.2. The monoisotopic (exact) mass is 459 g/mol. The molecule has 4 rings (SSSR count). The van der Waals surface area contributed by atoms with Crippen LogP contribution >= 0.6 is 34.3 Å². The summed E-state index contributed by atoms with van der Waals surface area (Å²) in [6, 6.07) is 7.33. The van der Waals surface area contributed by atoms with E-state index in [2.05, 4.69) is 20.5 Å². The lowest BCUT2D eigenvalue weighted by molar-refractivity contribution is -0.116. The molecule has 0 aliphatic rings. The van der Waals surface area contributed by atoms with Crippen LogP contribution in [0.4, 0.5) is 5.13 Å². The average molecular weight is 460 g/mol. The molecule has 0 unspecified atom stereocenters. The summed E-state index contributed by atoms with van der Waals surface area (Å²) in [5.74, 6) is -0.125. The minimum Gasteiger partial charge on any atom is -0.299 e. The molecule has 1 N–H and O–H groups in total. The highest BCUT2D eigenvalue weighted by Gasteiger charge is 2.18. The van der Waals surface area contributed by atoms with Crippen molar-refractivity contribution in [1.82, 2.24) is 19.7 Å². The number of hydrogen-bond acceptors (Lipinski definition) is 7. The van der Waals surface area contributed by atoms with Crippen LogP contribution in [0, 0.1) is 6.92 Å². The quantitative estimate of drug-likeness (QED) is 0.467. The summed E-state index contributed by atoms with van der Waals surface area (Å²) < 4.78 is 1.31. The van der Waals surface area contributed by atoms with Crippen LogP contribution in [0.1, 0.15) is 29.7 Å². The molecular formula is C20H18ClN5O2S2. The van der Waals surface area contributed by atoms with E-state index >= 15 is 0 Å². The normalized spacial score (nSPS) is 11.4. The Labute approximate surface area is 185 Å². The zero-order valence-corrected chi connectivity index (χ0v) is 18.9. The van der Waals surface area contributed by atoms with Gasteiger partial charge in [-0.3, -0.25) is 19.5 Å². The number of rotatable bonds is 5. The first-order valence-electron chi connectivity index (χ1n) is 9.21. The van der Waals surface area contributed by atoms with Gasteiger partial charge in [-0.15, -0.1) is 21.5 Å². The standard InChI is InChI=1S/C20H18ClN5O2S2/c1-10(2)17-24-25-20(30-17)23-14(27)8-26-9-22-18-16(19(26)28)15(11(3)29-18)12-4-6-13(21)7-5-12/h4-7,9-10H,8H2,1-3H3,(H,23,25,27). The van der Waals surface area contributed by atoms with Crippen molar-refractivity contribution in [2.45, 2.75) is 33.2 Å². The molecule has 3 heterocycles. The second-order valence-corrected chi connectivity index (χ2v) is 9.69. The van der Waals surface area contributed by atoms with Crippen molar-refractivity contribution in [3.05, 3.63) is 55.9 Å². The molecule has 0 aliphatic heterocycles. The summed E-state index contributed by atoms with van der Waals surface area (Å²) in [5.41, 5.74) is 1.45. The zero-order valence-electron chi connectivity index (χ0n) is 16.5. The largest absolute Gasteiger partial charge is 0.299 e. The molecule has 3 aromatic heterocycles. The molecule has 154 valence electrons. The fourth-order valence-electron chi connectivity index (χ4n) is 3.05. The molecule has 0 saturated carbocycles. The number of nitrogens with one attached hydrogen (secondary N) is 1. The van der Waals surface area contributed by atoms with E-state index in [0.717, 1.165) is 21.0 Å². The molecule has 0 aliphatic carbocycles. The molecule has 1 amide bonds. The van der Waals surface area contributed by atoms with E-state index < -0.39 is 0 Å². The fourth-order valence-corrected chi connectivity index (χ4v) is 4.94. The maximum Gasteiger partial charge on any atom is 0.263 e. The first-order chi connectivity index (χ1) is 14.3. The second kappa shape index (κ2) is 8.25. The first kappa shape index (κ1) is 20.6. The van der Waals surface area contributed by atoms with Crippen molar-refractivity contribution < 1.29 is 4.79 Å². The van der Waals surface area contributed by atoms with Gasteiger partial charge in [-0.25, -0.2) is 4.98 Å². The van der Waals surface area contributed by atoms with Crippen LogP contribution in [-0.4, -0.2) is 25.7 Å². The van der Waals surface area contributed by atoms with Crippen LogP contribution < -0.4 is 10.9 Å². The molecule has 0 atom stereocenters. The lowest BCUT2D eigenvalue weighted by Crippen LogP contribution is -2.27. The van der Waals surface area contributed by atoms with Gasteiger partial charge >= 0.3 is 0 Å². The van der Waals surface area contributed by atoms with Crippen LogP contribution in [-0.2, 0) is 11.3 Å². The Hall–Kier alpha value is -2.62. The van der Waals surface area contributed by atoms with Crippen LogP contribution in [0.15, 0.2) is 35.4 Å². The number of halogens is 1. The fraction of sp³-hybridized carbons (Fsp3) is 0.250. The lowest BCUT2D eigenvalue weighted by Gasteiger charge is -2.06. The zero-order chi connectivity index (χ0) is 21.4. The van der Waals surface area contributed by atoms with E-state index in [4.69, 9.17) is 11.6 Å². The third-order valence-electron chi connectivity index (χ3n) is 4.48. The van der Waals surface area contributed by atoms with Gasteiger partial charge < -0.3 is 0 Å². The van der Waals surface area contributed by atoms with Crippen molar-refractivity contribution in [3.8, 4) is 11.1 Å². The topological polar surface area (TPSA) is 89.8 Å². The Morgan fingerprint density at radius 1 is 1.20 bits per heavy atom. The number of aryl methyl sites for hydroxylation is 1. The number of aromatic nitrogens is 4. The smallest absolute Gasteiger partial charge is 0.263 e. The van der Waals surface area contributed by atoms with E-state index in [1.807, 2.05) is 32.9 Å². The number of carbonyl (C=O) groups excluding carboxylic acids is 1. The Morgan fingerprint density at radius 2 is 1.93 bits per heavy atom. The second-order valence-electron chi connectivity index (χ2n) is 7.05. The molecule has 0 saturated heterocycles. The number of nitrogens with zero attached hydrogens (tertiary/aromatic N) is 4. The summed E-state index contributed by atoms with van der Waals surface area (Å²) in [6.07, 6.45) is 1.41. The molecule has 30 heavy (non-hydrogen) atoms. The van der Waals surface area contributed by atoms with Gasteiger partial charge in [0, 0.05) is 21.4 Å². The maximum atomic E-state index is 13.2. The predicted octanol–water partition coefficient (Wildman–Crippen LogP) is 4.70. The molecule has 0 spiro atoms. The highest BCUT2D eigenvalue weighted by atomic mass is 35.5. The molecule has 0 radical (unpaired) electrons. The molecule has 4 aromatic rings. The summed E-state index contributed by atoms with van der Waals surface area (Å²) in [4.78, 5) is 31.7. The summed E-state index contributed by atoms with van der Waals surface area (Å²) in [6.45, 7) is 5.81. The van der Waals surface area contributed by atoms with Crippen LogP contribution in [0.3, 0.4) is 0 Å². The van der Waals surface area contributed by atoms with Gasteiger partial charge in [-0.05, 0) is 24.6 Å². The van der Waals surface area contributed by atoms with Crippen molar-refractivity contribution in [2.75, 3.05) is 5.32 Å². The number of benzene rings is 1. The minimum absolute atomic E-state index is 0.159. The molecule has 7 nitrogen and oxygen atoms in total. The minimum atomic E-state index is -0.357. The Balaban J connectivity index is 1.66. The number of fused-ring (bicyclic) bond motifs is 1. The van der Waals surface area contributed by atoms with Crippen molar-refractivity contribution in [3.63, 3.8) is 0 Å². The number of thiophene rings is 1. The van der Waals surface area contributed by atoms with Crippen LogP contribution in [0.25, 0.3) is 21.3 Å². The van der Waals surface area contributed by atoms with Gasteiger partial charge in [0.25, 0.3) is 5.56 Å². The Bertz CT molecular complexity index is 1290. The molecule has 0 fully saturated rings. The lowest BCUT2D eigenvalue weighted by atomic mass is 10.0. The van der Waals surface area contributed by atoms with Crippen molar-refractivity contribution >= 4 is 55.5 Å². The molecule has 10 heteroatoms. The summed E-state index contributed by atoms with van der Waals surface area (Å²) >= 11 is 8.78. The molecular weight excluding hydrogens is 442 g/mol. The summed E-state index contributed by atoms with van der Waals surface area (Å²) in [7, 11) is 0. The highest BCUT2D eigenvalue weighted by Crippen LogP contribution is 2.35. The van der Waals surface area contributed by atoms with Gasteiger partial charge in [0.05, 0.1) is 11.7 Å². The average Bonchev–Trinajstić information content (AvgIpc) is 3.29. The van der Waals surface area contributed by atoms with E-state index in [9.17, 15) is 9.59 Å². The Kier molecular flexibility index (Phi) is 5.68. The molecule has 0 bridgehead atoms. The number of anilines is 1. The van der Waals surface area contributed by atoms with Gasteiger partial charge in [-0.1, -0.05) is 48.9 Å². The van der Waals surface area contributed by atoms with Crippen LogP contribution in [0.2, 0.25) is 5.02 Å². The van der Waals surface area contributed by atoms with Crippen molar-refractivity contribution in [2.24, 2.45) is 0 Å². The van der Waals surface area contributed by atoms with Gasteiger partial charge in [0.1, 0.15) is 16.4 Å². The third kappa shape index (κ3) is 4.00. The van der Waals surface area contributed by atoms with E-state index in [0.29, 0.717) is 20.4 Å². The number of hydrogen-bond donors (Lipinski definition) is 1. The predicted molar refractivity (Wildman–Crippen MR) is 122 cm³/mol. The van der Waals surface area contributed by atoms with E-state index in [1.165, 1.54) is 33.6 Å². The third-order valence-corrected chi connectivity index (χ3v) is 6.89. The van der Waals surface area contributed by atoms with Crippen LogP contribution in [0.5, 0.6) is 0 Å². The Morgan fingerprint density at radius 3 is 2.60 bits per heavy atom. The van der Waals surface area contributed by atoms with Gasteiger partial charge in [0.2, 0.25) is 11.0 Å². The summed E-state index contributed by atoms with van der Waals surface area (Å²) in [5, 5.41) is 13.1. The maximum absolute atomic E-state index is 13.2. The van der Waals surface area contributed by atoms with Gasteiger partial charge in [0.15, 0.2) is 0 Å². The SMILES string of the molecule is Cc1sc2ncn(CC(=O)Nc3nnc(C(C)C)s3)c(=O)c2c1-c1ccc(Cl)cc1. The highest BCUT2D eigenvalue weighted by molar-refractivity contribution is 7.19. The van der Waals surface area contributed by atoms with Crippen molar-refractivity contribution in [1.29, 1.82) is 0 Å². The molecule has 1 aromatic carbocycles.